The number of nitrogens with one attached hydrogen (secondary N) is 2. The Morgan fingerprint density at radius 1 is 1.15 bits per heavy atom. The van der Waals surface area contributed by atoms with E-state index in [1.807, 2.05) is 30.5 Å². The molecule has 2 fully saturated rings. The quantitative estimate of drug-likeness (QED) is 0.636. The van der Waals surface area contributed by atoms with E-state index >= 15 is 0 Å². The van der Waals surface area contributed by atoms with Crippen molar-refractivity contribution in [3.8, 4) is 11.1 Å². The third-order valence-electron chi connectivity index (χ3n) is 7.06. The number of benzene rings is 1. The highest BCUT2D eigenvalue weighted by Crippen LogP contribution is 2.39. The van der Waals surface area contributed by atoms with Gasteiger partial charge < -0.3 is 10.6 Å². The highest BCUT2D eigenvalue weighted by atomic mass is 19.1. The van der Waals surface area contributed by atoms with Crippen LogP contribution in [0.3, 0.4) is 0 Å². The maximum Gasteiger partial charge on any atom is 0.254 e. The largest absolute Gasteiger partial charge is 0.348 e. The molecule has 1 aromatic carbocycles. The highest BCUT2D eigenvalue weighted by molar-refractivity contribution is 5.80. The summed E-state index contributed by atoms with van der Waals surface area (Å²) in [5.41, 5.74) is 4.54. The second kappa shape index (κ2) is 10.7. The molecule has 2 saturated heterocycles. The Hall–Kier alpha value is -2.38. The fourth-order valence-corrected chi connectivity index (χ4v) is 5.02. The molecule has 178 valence electrons. The van der Waals surface area contributed by atoms with Crippen molar-refractivity contribution in [1.29, 1.82) is 0 Å². The first-order valence-corrected chi connectivity index (χ1v) is 11.9. The highest BCUT2D eigenvalue weighted by Gasteiger charge is 2.38. The summed E-state index contributed by atoms with van der Waals surface area (Å²) < 4.78 is 26.3. The van der Waals surface area contributed by atoms with Gasteiger partial charge in [-0.2, -0.15) is 0 Å². The van der Waals surface area contributed by atoms with Crippen LogP contribution >= 0.6 is 0 Å². The van der Waals surface area contributed by atoms with E-state index in [0.29, 0.717) is 11.8 Å². The number of carbonyl (C=O) groups is 1. The number of alkyl halides is 2. The predicted molar refractivity (Wildman–Crippen MR) is 126 cm³/mol. The van der Waals surface area contributed by atoms with Crippen molar-refractivity contribution in [3.63, 3.8) is 0 Å². The number of rotatable bonds is 8. The molecular weight excluding hydrogens is 422 g/mol. The lowest BCUT2D eigenvalue weighted by atomic mass is 9.78. The van der Waals surface area contributed by atoms with Crippen molar-refractivity contribution >= 4 is 5.91 Å². The van der Waals surface area contributed by atoms with Gasteiger partial charge in [0.05, 0.1) is 11.7 Å². The summed E-state index contributed by atoms with van der Waals surface area (Å²) in [5.74, 6) is -0.778. The Balaban J connectivity index is 1.32. The molecule has 2 unspecified atom stereocenters. The number of nitrogens with zero attached hydrogens (tertiary/aromatic N) is 2. The van der Waals surface area contributed by atoms with Crippen molar-refractivity contribution in [3.05, 3.63) is 53.9 Å². The lowest BCUT2D eigenvalue weighted by Gasteiger charge is -2.33. The molecule has 2 N–H and O–H groups in total. The zero-order valence-electron chi connectivity index (χ0n) is 19.3. The second-order valence-electron chi connectivity index (χ2n) is 9.63. The van der Waals surface area contributed by atoms with Crippen LogP contribution in [0.5, 0.6) is 0 Å². The van der Waals surface area contributed by atoms with E-state index in [1.54, 1.807) is 0 Å². The maximum atomic E-state index is 13.2. The molecule has 4 rings (SSSR count). The minimum atomic E-state index is -1.65. The van der Waals surface area contributed by atoms with Crippen molar-refractivity contribution in [2.24, 2.45) is 5.41 Å². The molecular formula is C26H34F2N4O. The Bertz CT molecular complexity index is 911. The normalized spacial score (nSPS) is 20.0. The van der Waals surface area contributed by atoms with Gasteiger partial charge in [-0.25, -0.2) is 8.78 Å². The number of halogens is 2. The van der Waals surface area contributed by atoms with E-state index in [9.17, 15) is 13.6 Å². The molecule has 1 aromatic heterocycles. The van der Waals surface area contributed by atoms with Crippen LogP contribution in [-0.2, 0) is 17.8 Å². The van der Waals surface area contributed by atoms with Crippen LogP contribution in [-0.4, -0.2) is 60.9 Å². The van der Waals surface area contributed by atoms with E-state index in [0.717, 1.165) is 55.5 Å². The van der Waals surface area contributed by atoms with Gasteiger partial charge in [-0.15, -0.1) is 0 Å². The Morgan fingerprint density at radius 2 is 1.88 bits per heavy atom. The molecule has 1 spiro atoms. The van der Waals surface area contributed by atoms with Gasteiger partial charge in [0.2, 0.25) is 0 Å². The van der Waals surface area contributed by atoms with Gasteiger partial charge in [-0.1, -0.05) is 30.3 Å². The lowest BCUT2D eigenvalue weighted by molar-refractivity contribution is -0.126. The zero-order chi connectivity index (χ0) is 23.3. The van der Waals surface area contributed by atoms with Gasteiger partial charge in [-0.05, 0) is 74.8 Å². The summed E-state index contributed by atoms with van der Waals surface area (Å²) in [4.78, 5) is 18.7. The van der Waals surface area contributed by atoms with Gasteiger partial charge in [0.15, 0.2) is 6.17 Å². The fourth-order valence-electron chi connectivity index (χ4n) is 5.02. The van der Waals surface area contributed by atoms with Crippen LogP contribution in [0.25, 0.3) is 11.1 Å². The summed E-state index contributed by atoms with van der Waals surface area (Å²) in [5, 5.41) is 5.88. The number of aromatic nitrogens is 1. The van der Waals surface area contributed by atoms with Crippen LogP contribution < -0.4 is 10.6 Å². The Kier molecular flexibility index (Phi) is 7.71. The molecule has 0 radical (unpaired) electrons. The van der Waals surface area contributed by atoms with Crippen LogP contribution in [0.2, 0.25) is 0 Å². The number of hydrogen-bond donors (Lipinski definition) is 2. The molecule has 0 saturated carbocycles. The van der Waals surface area contributed by atoms with Gasteiger partial charge in [0.25, 0.3) is 5.91 Å². The first-order chi connectivity index (χ1) is 16.0. The molecule has 1 amide bonds. The lowest BCUT2D eigenvalue weighted by Crippen LogP contribution is -2.41. The van der Waals surface area contributed by atoms with Crippen molar-refractivity contribution in [1.82, 2.24) is 20.5 Å². The second-order valence-corrected chi connectivity index (χ2v) is 9.63. The SMILES string of the molecule is CC(F)C(=O)NC(CF)Cc1ccc(-c2ccc(CN3CCC4(CCNCC4)C3)nc2)cc1. The summed E-state index contributed by atoms with van der Waals surface area (Å²) in [6.07, 6.45) is 4.43. The van der Waals surface area contributed by atoms with Gasteiger partial charge in [-0.3, -0.25) is 14.7 Å². The van der Waals surface area contributed by atoms with Crippen LogP contribution in [0.15, 0.2) is 42.6 Å². The third kappa shape index (κ3) is 6.15. The van der Waals surface area contributed by atoms with Gasteiger partial charge in [0.1, 0.15) is 6.67 Å². The fraction of sp³-hybridized carbons (Fsp3) is 0.538. The van der Waals surface area contributed by atoms with Crippen LogP contribution in [0.1, 0.15) is 37.4 Å². The molecule has 2 aromatic rings. The van der Waals surface area contributed by atoms with E-state index in [4.69, 9.17) is 4.98 Å². The molecule has 2 atom stereocenters. The monoisotopic (exact) mass is 456 g/mol. The molecule has 7 heteroatoms. The molecule has 5 nitrogen and oxygen atoms in total. The van der Waals surface area contributed by atoms with Crippen molar-refractivity contribution < 1.29 is 13.6 Å². The molecule has 0 bridgehead atoms. The van der Waals surface area contributed by atoms with Crippen LogP contribution in [0, 0.1) is 5.41 Å². The first-order valence-electron chi connectivity index (χ1n) is 11.9. The Morgan fingerprint density at radius 3 is 2.52 bits per heavy atom. The summed E-state index contributed by atoms with van der Waals surface area (Å²) in [6, 6.07) is 11.3. The number of carbonyl (C=O) groups excluding carboxylic acids is 1. The molecule has 33 heavy (non-hydrogen) atoms. The standard InChI is InChI=1S/C26H34F2N4O/c1-19(28)25(33)31-24(15-27)14-20-2-4-21(5-3-20)22-6-7-23(30-16-22)17-32-13-10-26(18-32)8-11-29-12-9-26/h2-7,16,19,24,29H,8-15,17-18H2,1H3,(H,31,33). The average Bonchev–Trinajstić information content (AvgIpc) is 3.21. The number of amides is 1. The number of likely N-dealkylation sites (tertiary alicyclic amines) is 1. The van der Waals surface area contributed by atoms with Crippen LogP contribution in [0.4, 0.5) is 8.78 Å². The van der Waals surface area contributed by atoms with E-state index in [2.05, 4.69) is 27.7 Å². The van der Waals surface area contributed by atoms with Gasteiger partial charge >= 0.3 is 0 Å². The smallest absolute Gasteiger partial charge is 0.254 e. The molecule has 2 aliphatic rings. The minimum absolute atomic E-state index is 0.319. The van der Waals surface area contributed by atoms with E-state index in [-0.39, 0.29) is 0 Å². The van der Waals surface area contributed by atoms with Crippen molar-refractivity contribution in [2.75, 3.05) is 32.9 Å². The van der Waals surface area contributed by atoms with E-state index < -0.39 is 24.8 Å². The maximum absolute atomic E-state index is 13.2. The molecule has 2 aliphatic heterocycles. The summed E-state index contributed by atoms with van der Waals surface area (Å²) in [7, 11) is 0. The Labute approximate surface area is 195 Å². The van der Waals surface area contributed by atoms with Crippen molar-refractivity contribution in [2.45, 2.75) is 51.4 Å². The average molecular weight is 457 g/mol. The topological polar surface area (TPSA) is 57.3 Å². The third-order valence-corrected chi connectivity index (χ3v) is 7.06. The zero-order valence-corrected chi connectivity index (χ0v) is 19.3. The summed E-state index contributed by atoms with van der Waals surface area (Å²) >= 11 is 0. The van der Waals surface area contributed by atoms with Gasteiger partial charge in [0, 0.05) is 24.8 Å². The first kappa shape index (κ1) is 23.8. The predicted octanol–water partition coefficient (Wildman–Crippen LogP) is 3.68. The summed E-state index contributed by atoms with van der Waals surface area (Å²) in [6.45, 7) is 5.90. The number of pyridine rings is 1. The molecule has 0 aliphatic carbocycles. The number of piperidine rings is 1. The number of hydrogen-bond acceptors (Lipinski definition) is 4. The molecule has 3 heterocycles. The minimum Gasteiger partial charge on any atom is -0.348 e. The van der Waals surface area contributed by atoms with E-state index in [1.165, 1.54) is 25.8 Å².